The van der Waals surface area contributed by atoms with Gasteiger partial charge in [-0.25, -0.2) is 8.42 Å². The first-order valence-corrected chi connectivity index (χ1v) is 8.30. The lowest BCUT2D eigenvalue weighted by Crippen LogP contribution is -2.13. The Morgan fingerprint density at radius 1 is 1.14 bits per heavy atom. The molecular formula is C15H17ClN2O2S. The predicted molar refractivity (Wildman–Crippen MR) is 86.0 cm³/mol. The molecule has 0 fully saturated rings. The third-order valence-corrected chi connectivity index (χ3v) is 4.94. The van der Waals surface area contributed by atoms with Crippen molar-refractivity contribution >= 4 is 27.3 Å². The maximum absolute atomic E-state index is 12.3. The molecule has 0 aromatic heterocycles. The molecule has 6 heteroatoms. The molecule has 0 saturated heterocycles. The largest absolute Gasteiger partial charge is 0.324 e. The highest BCUT2D eigenvalue weighted by Crippen LogP contribution is 2.23. The van der Waals surface area contributed by atoms with Crippen LogP contribution in [0.5, 0.6) is 0 Å². The molecule has 0 amide bonds. The molecule has 0 saturated carbocycles. The Kier molecular flexibility index (Phi) is 4.56. The van der Waals surface area contributed by atoms with E-state index in [4.69, 9.17) is 17.3 Å². The second-order valence-electron chi connectivity index (χ2n) is 4.93. The summed E-state index contributed by atoms with van der Waals surface area (Å²) in [6.07, 6.45) is 0. The first-order chi connectivity index (χ1) is 9.79. The summed E-state index contributed by atoms with van der Waals surface area (Å²) in [5.41, 5.74) is 7.95. The van der Waals surface area contributed by atoms with Gasteiger partial charge in [0.25, 0.3) is 10.0 Å². The lowest BCUT2D eigenvalue weighted by Gasteiger charge is -2.11. The topological polar surface area (TPSA) is 72.2 Å². The number of nitrogens with one attached hydrogen (secondary N) is 1. The van der Waals surface area contributed by atoms with Crippen molar-refractivity contribution < 1.29 is 8.42 Å². The maximum atomic E-state index is 12.3. The second-order valence-corrected chi connectivity index (χ2v) is 7.02. The number of rotatable bonds is 4. The Morgan fingerprint density at radius 2 is 1.76 bits per heavy atom. The molecule has 0 aliphatic carbocycles. The Hall–Kier alpha value is -1.56. The molecule has 3 N–H and O–H groups in total. The molecule has 2 aromatic carbocycles. The summed E-state index contributed by atoms with van der Waals surface area (Å²) in [5.74, 6) is 0. The van der Waals surface area contributed by atoms with E-state index in [1.165, 1.54) is 12.1 Å². The highest BCUT2D eigenvalue weighted by atomic mass is 35.5. The highest BCUT2D eigenvalue weighted by molar-refractivity contribution is 7.92. The van der Waals surface area contributed by atoms with Crippen molar-refractivity contribution in [3.8, 4) is 0 Å². The summed E-state index contributed by atoms with van der Waals surface area (Å²) < 4.78 is 27.1. The molecule has 21 heavy (non-hydrogen) atoms. The van der Waals surface area contributed by atoms with Gasteiger partial charge in [0, 0.05) is 11.1 Å². The monoisotopic (exact) mass is 324 g/mol. The first-order valence-electron chi connectivity index (χ1n) is 6.44. The number of anilines is 1. The summed E-state index contributed by atoms with van der Waals surface area (Å²) in [4.78, 5) is 0.184. The molecule has 0 spiro atoms. The minimum absolute atomic E-state index is 0.134. The van der Waals surface area contributed by atoms with E-state index < -0.39 is 10.0 Å². The van der Waals surface area contributed by atoms with Crippen LogP contribution in [0.15, 0.2) is 47.4 Å². The summed E-state index contributed by atoms with van der Waals surface area (Å²) in [7, 11) is -3.63. The SMILES string of the molecule is Cc1ccc(NS(=O)(=O)c2ccc(C(C)N)cc2)cc1Cl. The molecular weight excluding hydrogens is 308 g/mol. The number of sulfonamides is 1. The summed E-state index contributed by atoms with van der Waals surface area (Å²) >= 11 is 6.00. The molecule has 0 heterocycles. The van der Waals surface area contributed by atoms with E-state index in [0.29, 0.717) is 10.7 Å². The number of benzene rings is 2. The standard InChI is InChI=1S/C15H17ClN2O2S/c1-10-3-6-13(9-15(10)16)18-21(19,20)14-7-4-12(5-8-14)11(2)17/h3-9,11,18H,17H2,1-2H3. The zero-order valence-corrected chi connectivity index (χ0v) is 13.4. The van der Waals surface area contributed by atoms with E-state index in [9.17, 15) is 8.42 Å². The van der Waals surface area contributed by atoms with Crippen molar-refractivity contribution in [2.45, 2.75) is 24.8 Å². The third kappa shape index (κ3) is 3.75. The van der Waals surface area contributed by atoms with Crippen LogP contribution in [0.25, 0.3) is 0 Å². The van der Waals surface area contributed by atoms with Gasteiger partial charge < -0.3 is 5.73 Å². The normalized spacial score (nSPS) is 13.0. The van der Waals surface area contributed by atoms with Crippen LogP contribution in [0.4, 0.5) is 5.69 Å². The van der Waals surface area contributed by atoms with Crippen molar-refractivity contribution in [2.24, 2.45) is 5.73 Å². The van der Waals surface area contributed by atoms with Gasteiger partial charge in [-0.15, -0.1) is 0 Å². The number of aryl methyl sites for hydroxylation is 1. The highest BCUT2D eigenvalue weighted by Gasteiger charge is 2.14. The smallest absolute Gasteiger partial charge is 0.261 e. The van der Waals surface area contributed by atoms with Gasteiger partial charge in [-0.05, 0) is 49.2 Å². The summed E-state index contributed by atoms with van der Waals surface area (Å²) in [5, 5.41) is 0.516. The minimum Gasteiger partial charge on any atom is -0.324 e. The zero-order chi connectivity index (χ0) is 15.6. The van der Waals surface area contributed by atoms with Crippen LogP contribution >= 0.6 is 11.6 Å². The van der Waals surface area contributed by atoms with Crippen LogP contribution in [0, 0.1) is 6.92 Å². The molecule has 0 aliphatic rings. The molecule has 2 aromatic rings. The van der Waals surface area contributed by atoms with Gasteiger partial charge in [-0.3, -0.25) is 4.72 Å². The molecule has 112 valence electrons. The van der Waals surface area contributed by atoms with Crippen molar-refractivity contribution in [3.63, 3.8) is 0 Å². The van der Waals surface area contributed by atoms with Crippen molar-refractivity contribution in [1.82, 2.24) is 0 Å². The molecule has 4 nitrogen and oxygen atoms in total. The van der Waals surface area contributed by atoms with E-state index in [2.05, 4.69) is 4.72 Å². The number of hydrogen-bond acceptors (Lipinski definition) is 3. The fourth-order valence-corrected chi connectivity index (χ4v) is 3.05. The summed E-state index contributed by atoms with van der Waals surface area (Å²) in [6, 6.07) is 11.4. The quantitative estimate of drug-likeness (QED) is 0.904. The Morgan fingerprint density at radius 3 is 2.29 bits per heavy atom. The average Bonchev–Trinajstić information content (AvgIpc) is 2.43. The lowest BCUT2D eigenvalue weighted by atomic mass is 10.1. The van der Waals surface area contributed by atoms with Crippen LogP contribution in [0.1, 0.15) is 24.1 Å². The van der Waals surface area contributed by atoms with Gasteiger partial charge in [0.15, 0.2) is 0 Å². The van der Waals surface area contributed by atoms with Crippen LogP contribution in [0.3, 0.4) is 0 Å². The second kappa shape index (κ2) is 6.05. The van der Waals surface area contributed by atoms with Crippen LogP contribution in [-0.2, 0) is 10.0 Å². The first kappa shape index (κ1) is 15.8. The fourth-order valence-electron chi connectivity index (χ4n) is 1.82. The van der Waals surface area contributed by atoms with Crippen molar-refractivity contribution in [2.75, 3.05) is 4.72 Å². The molecule has 0 bridgehead atoms. The molecule has 0 aliphatic heterocycles. The van der Waals surface area contributed by atoms with Gasteiger partial charge in [-0.1, -0.05) is 29.8 Å². The van der Waals surface area contributed by atoms with Gasteiger partial charge in [0.05, 0.1) is 10.6 Å². The summed E-state index contributed by atoms with van der Waals surface area (Å²) in [6.45, 7) is 3.70. The van der Waals surface area contributed by atoms with E-state index in [1.54, 1.807) is 30.3 Å². The van der Waals surface area contributed by atoms with Crippen molar-refractivity contribution in [3.05, 3.63) is 58.6 Å². The Labute approximate surface area is 130 Å². The van der Waals surface area contributed by atoms with E-state index in [0.717, 1.165) is 11.1 Å². The minimum atomic E-state index is -3.63. The molecule has 1 unspecified atom stereocenters. The van der Waals surface area contributed by atoms with Crippen LogP contribution < -0.4 is 10.5 Å². The maximum Gasteiger partial charge on any atom is 0.261 e. The number of nitrogens with two attached hydrogens (primary N) is 1. The van der Waals surface area contributed by atoms with Gasteiger partial charge in [0.2, 0.25) is 0 Å². The van der Waals surface area contributed by atoms with Crippen LogP contribution in [-0.4, -0.2) is 8.42 Å². The zero-order valence-electron chi connectivity index (χ0n) is 11.8. The average molecular weight is 325 g/mol. The van der Waals surface area contributed by atoms with Crippen LogP contribution in [0.2, 0.25) is 5.02 Å². The van der Waals surface area contributed by atoms with E-state index >= 15 is 0 Å². The lowest BCUT2D eigenvalue weighted by molar-refractivity contribution is 0.601. The molecule has 2 rings (SSSR count). The molecule has 1 atom stereocenters. The third-order valence-electron chi connectivity index (χ3n) is 3.14. The van der Waals surface area contributed by atoms with E-state index in [-0.39, 0.29) is 10.9 Å². The van der Waals surface area contributed by atoms with Gasteiger partial charge in [-0.2, -0.15) is 0 Å². The van der Waals surface area contributed by atoms with E-state index in [1.807, 2.05) is 13.8 Å². The number of halogens is 1. The number of hydrogen-bond donors (Lipinski definition) is 2. The predicted octanol–water partition coefficient (Wildman–Crippen LogP) is 3.47. The van der Waals surface area contributed by atoms with Gasteiger partial charge >= 0.3 is 0 Å². The molecule has 0 radical (unpaired) electrons. The Bertz CT molecular complexity index is 741. The fraction of sp³-hybridized carbons (Fsp3) is 0.200. The Balaban J connectivity index is 2.27. The van der Waals surface area contributed by atoms with Gasteiger partial charge in [0.1, 0.15) is 0 Å². The van der Waals surface area contributed by atoms with Crippen molar-refractivity contribution in [1.29, 1.82) is 0 Å².